The molecule has 8 heteroatoms. The van der Waals surface area contributed by atoms with E-state index in [1.165, 1.54) is 6.92 Å². The molecule has 1 saturated carbocycles. The van der Waals surface area contributed by atoms with Crippen molar-refractivity contribution in [1.29, 1.82) is 5.26 Å². The number of amides is 1. The van der Waals surface area contributed by atoms with Gasteiger partial charge < -0.3 is 14.5 Å². The molecule has 1 fully saturated rings. The first-order valence-electron chi connectivity index (χ1n) is 8.92. The van der Waals surface area contributed by atoms with Gasteiger partial charge in [0.25, 0.3) is 11.1 Å². The van der Waals surface area contributed by atoms with Crippen LogP contribution in [0.15, 0.2) is 33.9 Å². The number of nitriles is 1. The number of esters is 1. The Balaban J connectivity index is 1.49. The Labute approximate surface area is 161 Å². The standard InChI is InChI=1S/C19H21N3O4S/c1-13(17(24)22-19(12-20)9-5-2-6-10-19)25-16(23)11-27-18-21-14-7-3-4-8-15(14)26-18/h3-4,7-8,13H,2,5-6,9-11H2,1H3,(H,22,24)/t13-/m0/s1. The van der Waals surface area contributed by atoms with Gasteiger partial charge in [0.05, 0.1) is 6.07 Å². The Morgan fingerprint density at radius 1 is 1.37 bits per heavy atom. The van der Waals surface area contributed by atoms with E-state index in [0.29, 0.717) is 23.6 Å². The molecule has 2 aromatic rings. The van der Waals surface area contributed by atoms with Gasteiger partial charge in [0.2, 0.25) is 0 Å². The molecule has 0 bridgehead atoms. The van der Waals surface area contributed by atoms with Gasteiger partial charge in [-0.05, 0) is 31.9 Å². The molecule has 1 heterocycles. The fraction of sp³-hybridized carbons (Fsp3) is 0.474. The van der Waals surface area contributed by atoms with Crippen molar-refractivity contribution in [2.75, 3.05) is 5.75 Å². The number of ether oxygens (including phenoxy) is 1. The molecule has 1 aliphatic carbocycles. The lowest BCUT2D eigenvalue weighted by Gasteiger charge is -2.32. The maximum absolute atomic E-state index is 12.3. The van der Waals surface area contributed by atoms with Gasteiger partial charge in [-0.2, -0.15) is 5.26 Å². The van der Waals surface area contributed by atoms with Crippen molar-refractivity contribution >= 4 is 34.7 Å². The second kappa shape index (κ2) is 8.44. The van der Waals surface area contributed by atoms with E-state index in [0.717, 1.165) is 36.5 Å². The fourth-order valence-corrected chi connectivity index (χ4v) is 3.70. The van der Waals surface area contributed by atoms with Crippen LogP contribution >= 0.6 is 11.8 Å². The van der Waals surface area contributed by atoms with Gasteiger partial charge in [-0.15, -0.1) is 0 Å². The SMILES string of the molecule is C[C@H](OC(=O)CSc1nc2ccccc2o1)C(=O)NC1(C#N)CCCCC1. The number of hydrogen-bond donors (Lipinski definition) is 1. The quantitative estimate of drug-likeness (QED) is 0.599. The molecule has 27 heavy (non-hydrogen) atoms. The normalized spacial score (nSPS) is 17.0. The average Bonchev–Trinajstić information content (AvgIpc) is 3.10. The van der Waals surface area contributed by atoms with Crippen molar-refractivity contribution in [1.82, 2.24) is 10.3 Å². The van der Waals surface area contributed by atoms with Crippen LogP contribution in [-0.4, -0.2) is 34.3 Å². The van der Waals surface area contributed by atoms with Crippen LogP contribution in [0.3, 0.4) is 0 Å². The number of rotatable bonds is 6. The summed E-state index contributed by atoms with van der Waals surface area (Å²) in [5, 5.41) is 12.6. The third kappa shape index (κ3) is 4.80. The molecule has 0 unspecified atom stereocenters. The minimum absolute atomic E-state index is 0.0200. The lowest BCUT2D eigenvalue weighted by molar-refractivity contribution is -0.152. The molecular formula is C19H21N3O4S. The van der Waals surface area contributed by atoms with Crippen LogP contribution < -0.4 is 5.32 Å². The van der Waals surface area contributed by atoms with Crippen LogP contribution in [-0.2, 0) is 14.3 Å². The van der Waals surface area contributed by atoms with E-state index in [9.17, 15) is 14.9 Å². The predicted octanol–water partition coefficient (Wildman–Crippen LogP) is 3.19. The molecule has 3 rings (SSSR count). The molecule has 1 atom stereocenters. The van der Waals surface area contributed by atoms with Gasteiger partial charge in [-0.3, -0.25) is 9.59 Å². The number of carbonyl (C=O) groups excluding carboxylic acids is 2. The number of carbonyl (C=O) groups is 2. The first-order chi connectivity index (χ1) is 13.0. The largest absolute Gasteiger partial charge is 0.452 e. The van der Waals surface area contributed by atoms with E-state index in [4.69, 9.17) is 9.15 Å². The molecule has 7 nitrogen and oxygen atoms in total. The van der Waals surface area contributed by atoms with Gasteiger partial charge in [-0.1, -0.05) is 43.2 Å². The smallest absolute Gasteiger partial charge is 0.317 e. The summed E-state index contributed by atoms with van der Waals surface area (Å²) in [7, 11) is 0. The Kier molecular flexibility index (Phi) is 6.01. The Morgan fingerprint density at radius 3 is 2.81 bits per heavy atom. The van der Waals surface area contributed by atoms with E-state index in [-0.39, 0.29) is 5.75 Å². The molecule has 1 aromatic carbocycles. The second-order valence-electron chi connectivity index (χ2n) is 6.61. The Morgan fingerprint density at radius 2 is 2.11 bits per heavy atom. The lowest BCUT2D eigenvalue weighted by atomic mass is 9.83. The van der Waals surface area contributed by atoms with E-state index in [2.05, 4.69) is 16.4 Å². The van der Waals surface area contributed by atoms with E-state index >= 15 is 0 Å². The summed E-state index contributed by atoms with van der Waals surface area (Å²) in [6.45, 7) is 1.51. The van der Waals surface area contributed by atoms with Crippen LogP contribution in [0, 0.1) is 11.3 Å². The summed E-state index contributed by atoms with van der Waals surface area (Å²) < 4.78 is 10.7. The van der Waals surface area contributed by atoms with Crippen LogP contribution in [0.4, 0.5) is 0 Å². The average molecular weight is 387 g/mol. The highest BCUT2D eigenvalue weighted by Crippen LogP contribution is 2.28. The highest BCUT2D eigenvalue weighted by Gasteiger charge is 2.35. The number of thioether (sulfide) groups is 1. The van der Waals surface area contributed by atoms with Gasteiger partial charge in [0.15, 0.2) is 11.7 Å². The van der Waals surface area contributed by atoms with Crippen molar-refractivity contribution in [2.24, 2.45) is 0 Å². The van der Waals surface area contributed by atoms with Crippen molar-refractivity contribution < 1.29 is 18.7 Å². The van der Waals surface area contributed by atoms with Crippen LogP contribution in [0.2, 0.25) is 0 Å². The summed E-state index contributed by atoms with van der Waals surface area (Å²) >= 11 is 1.11. The summed E-state index contributed by atoms with van der Waals surface area (Å²) in [6, 6.07) is 9.54. The first kappa shape index (κ1) is 19.2. The van der Waals surface area contributed by atoms with Crippen molar-refractivity contribution in [3.8, 4) is 6.07 Å². The first-order valence-corrected chi connectivity index (χ1v) is 9.91. The molecule has 0 spiro atoms. The topological polar surface area (TPSA) is 105 Å². The van der Waals surface area contributed by atoms with Crippen molar-refractivity contribution in [3.05, 3.63) is 24.3 Å². The molecule has 0 aliphatic heterocycles. The lowest BCUT2D eigenvalue weighted by Crippen LogP contribution is -2.52. The number of para-hydroxylation sites is 2. The maximum atomic E-state index is 12.3. The fourth-order valence-electron chi connectivity index (χ4n) is 3.08. The van der Waals surface area contributed by atoms with Crippen LogP contribution in [0.1, 0.15) is 39.0 Å². The van der Waals surface area contributed by atoms with Gasteiger partial charge >= 0.3 is 5.97 Å². The van der Waals surface area contributed by atoms with Crippen molar-refractivity contribution in [3.63, 3.8) is 0 Å². The number of fused-ring (bicyclic) bond motifs is 1. The number of aromatic nitrogens is 1. The van der Waals surface area contributed by atoms with Gasteiger partial charge in [-0.25, -0.2) is 4.98 Å². The summed E-state index contributed by atoms with van der Waals surface area (Å²) in [6.07, 6.45) is 3.17. The molecule has 0 saturated heterocycles. The molecule has 1 N–H and O–H groups in total. The minimum Gasteiger partial charge on any atom is -0.452 e. The monoisotopic (exact) mass is 387 g/mol. The van der Waals surface area contributed by atoms with E-state index in [1.54, 1.807) is 6.07 Å². The predicted molar refractivity (Wildman–Crippen MR) is 99.9 cm³/mol. The molecule has 1 amide bonds. The van der Waals surface area contributed by atoms with Crippen LogP contribution in [0.5, 0.6) is 0 Å². The molecule has 1 aliphatic rings. The highest BCUT2D eigenvalue weighted by molar-refractivity contribution is 7.99. The maximum Gasteiger partial charge on any atom is 0.317 e. The number of nitrogens with one attached hydrogen (secondary N) is 1. The molecule has 1 aromatic heterocycles. The second-order valence-corrected chi connectivity index (χ2v) is 7.54. The summed E-state index contributed by atoms with van der Waals surface area (Å²) in [5.74, 6) is -1.01. The third-order valence-corrected chi connectivity index (χ3v) is 5.35. The summed E-state index contributed by atoms with van der Waals surface area (Å²) in [5.41, 5.74) is 0.522. The number of hydrogen-bond acceptors (Lipinski definition) is 7. The number of nitrogens with zero attached hydrogens (tertiary/aromatic N) is 2. The van der Waals surface area contributed by atoms with Crippen molar-refractivity contribution in [2.45, 2.75) is 55.9 Å². The Hall–Kier alpha value is -2.53. The van der Waals surface area contributed by atoms with Gasteiger partial charge in [0.1, 0.15) is 16.8 Å². The zero-order valence-electron chi connectivity index (χ0n) is 15.1. The van der Waals surface area contributed by atoms with E-state index < -0.39 is 23.5 Å². The zero-order chi connectivity index (χ0) is 19.3. The summed E-state index contributed by atoms with van der Waals surface area (Å²) in [4.78, 5) is 28.6. The third-order valence-electron chi connectivity index (χ3n) is 4.55. The minimum atomic E-state index is -0.964. The molecular weight excluding hydrogens is 366 g/mol. The Bertz CT molecular complexity index is 834. The molecule has 142 valence electrons. The molecule has 0 radical (unpaired) electrons. The highest BCUT2D eigenvalue weighted by atomic mass is 32.2. The van der Waals surface area contributed by atoms with Crippen LogP contribution in [0.25, 0.3) is 11.1 Å². The zero-order valence-corrected chi connectivity index (χ0v) is 15.9. The van der Waals surface area contributed by atoms with E-state index in [1.807, 2.05) is 18.2 Å². The number of benzene rings is 1. The van der Waals surface area contributed by atoms with Gasteiger partial charge in [0, 0.05) is 0 Å². The number of oxazole rings is 1.